The molecule has 0 spiro atoms. The minimum atomic E-state index is -0.224. The molecule has 4 heterocycles. The van der Waals surface area contributed by atoms with Gasteiger partial charge in [0.25, 0.3) is 17.0 Å². The number of morpholine rings is 1. The number of carbonyl (C=O) groups excluding carboxylic acids is 1. The number of benzene rings is 2. The molecule has 1 N–H and O–H groups in total. The van der Waals surface area contributed by atoms with Crippen LogP contribution in [0.15, 0.2) is 94.9 Å². The molecule has 1 saturated heterocycles. The molecule has 0 saturated carbocycles. The van der Waals surface area contributed by atoms with Crippen molar-refractivity contribution in [3.63, 3.8) is 0 Å². The highest BCUT2D eigenvalue weighted by Gasteiger charge is 2.19. The first kappa shape index (κ1) is 27.9. The summed E-state index contributed by atoms with van der Waals surface area (Å²) >= 11 is 0. The van der Waals surface area contributed by atoms with Gasteiger partial charge in [-0.25, -0.2) is 4.98 Å². The van der Waals surface area contributed by atoms with E-state index in [1.165, 1.54) is 10.8 Å². The van der Waals surface area contributed by atoms with Crippen LogP contribution in [0.3, 0.4) is 0 Å². The van der Waals surface area contributed by atoms with Gasteiger partial charge in [-0.05, 0) is 65.5 Å². The van der Waals surface area contributed by atoms with Crippen molar-refractivity contribution >= 4 is 33.9 Å². The third kappa shape index (κ3) is 5.64. The average molecular weight is 577 g/mol. The fourth-order valence-corrected chi connectivity index (χ4v) is 5.19. The van der Waals surface area contributed by atoms with Crippen LogP contribution in [-0.2, 0) is 11.8 Å². The van der Waals surface area contributed by atoms with Crippen LogP contribution in [0.5, 0.6) is 0 Å². The number of rotatable bonds is 6. The fraction of sp³-hybridized carbons (Fsp3) is 0.212. The lowest BCUT2D eigenvalue weighted by atomic mass is 10.1. The standard InChI is InChI=1S/C33H32N6O4/c1-36(2)26-8-9-28-23(18-26)11-12-39(32(28)41)27-6-4-5-22(17-27)25-19-29(33(42)37(3)21-25)35-30-10-7-24(20-34-30)31(40)38-13-15-43-16-14-38/h4-12,17-21H,13-16H2,1-3H3,(H,34,35). The van der Waals surface area contributed by atoms with E-state index < -0.39 is 0 Å². The van der Waals surface area contributed by atoms with Gasteiger partial charge in [0.2, 0.25) is 0 Å². The highest BCUT2D eigenvalue weighted by Crippen LogP contribution is 2.25. The molecule has 1 aliphatic heterocycles. The number of fused-ring (bicyclic) bond motifs is 1. The molecule has 2 aromatic carbocycles. The smallest absolute Gasteiger partial charge is 0.274 e. The van der Waals surface area contributed by atoms with E-state index in [1.54, 1.807) is 47.1 Å². The minimum absolute atomic E-state index is 0.0935. The fourth-order valence-electron chi connectivity index (χ4n) is 5.19. The summed E-state index contributed by atoms with van der Waals surface area (Å²) < 4.78 is 8.46. The maximum atomic E-state index is 13.4. The second kappa shape index (κ2) is 11.6. The molecule has 43 heavy (non-hydrogen) atoms. The van der Waals surface area contributed by atoms with E-state index in [2.05, 4.69) is 10.3 Å². The van der Waals surface area contributed by atoms with E-state index in [0.717, 1.165) is 22.2 Å². The van der Waals surface area contributed by atoms with Gasteiger partial charge in [0.15, 0.2) is 0 Å². The third-order valence-corrected chi connectivity index (χ3v) is 7.62. The van der Waals surface area contributed by atoms with E-state index in [0.29, 0.717) is 54.4 Å². The Bertz CT molecular complexity index is 1940. The molecule has 5 aromatic rings. The van der Waals surface area contributed by atoms with Crippen molar-refractivity contribution in [1.82, 2.24) is 19.0 Å². The molecule has 1 amide bonds. The number of ether oxygens (including phenoxy) is 1. The van der Waals surface area contributed by atoms with Crippen LogP contribution in [0.2, 0.25) is 0 Å². The number of pyridine rings is 3. The Kier molecular flexibility index (Phi) is 7.52. The van der Waals surface area contributed by atoms with Crippen LogP contribution in [0, 0.1) is 0 Å². The monoisotopic (exact) mass is 576 g/mol. The first-order chi connectivity index (χ1) is 20.8. The molecule has 1 fully saturated rings. The van der Waals surface area contributed by atoms with E-state index >= 15 is 0 Å². The number of hydrogen-bond acceptors (Lipinski definition) is 7. The lowest BCUT2D eigenvalue weighted by Gasteiger charge is -2.26. The van der Waals surface area contributed by atoms with Crippen LogP contribution < -0.4 is 21.3 Å². The summed E-state index contributed by atoms with van der Waals surface area (Å²) in [6, 6.07) is 20.5. The summed E-state index contributed by atoms with van der Waals surface area (Å²) in [5.74, 6) is 0.352. The van der Waals surface area contributed by atoms with Gasteiger partial charge in [-0.3, -0.25) is 19.0 Å². The molecule has 0 radical (unpaired) electrons. The number of anilines is 3. The number of nitrogens with one attached hydrogen (secondary N) is 1. The summed E-state index contributed by atoms with van der Waals surface area (Å²) in [6.07, 6.45) is 5.06. The van der Waals surface area contributed by atoms with Crippen molar-refractivity contribution in [2.24, 2.45) is 7.05 Å². The number of aryl methyl sites for hydroxylation is 1. The van der Waals surface area contributed by atoms with Gasteiger partial charge in [-0.15, -0.1) is 0 Å². The Labute approximate surface area is 248 Å². The van der Waals surface area contributed by atoms with Crippen molar-refractivity contribution in [2.45, 2.75) is 0 Å². The maximum absolute atomic E-state index is 13.4. The molecule has 218 valence electrons. The first-order valence-electron chi connectivity index (χ1n) is 14.0. The number of aromatic nitrogens is 3. The molecule has 10 nitrogen and oxygen atoms in total. The van der Waals surface area contributed by atoms with Gasteiger partial charge in [-0.2, -0.15) is 0 Å². The summed E-state index contributed by atoms with van der Waals surface area (Å²) in [5.41, 5.74) is 3.85. The van der Waals surface area contributed by atoms with Crippen LogP contribution in [-0.4, -0.2) is 65.3 Å². The Morgan fingerprint density at radius 3 is 2.49 bits per heavy atom. The van der Waals surface area contributed by atoms with Crippen molar-refractivity contribution in [1.29, 1.82) is 0 Å². The molecule has 1 aliphatic rings. The lowest BCUT2D eigenvalue weighted by molar-refractivity contribution is 0.0302. The van der Waals surface area contributed by atoms with Gasteiger partial charge in [0, 0.05) is 75.1 Å². The van der Waals surface area contributed by atoms with Crippen LogP contribution >= 0.6 is 0 Å². The zero-order valence-electron chi connectivity index (χ0n) is 24.3. The predicted octanol–water partition coefficient (Wildman–Crippen LogP) is 4.03. The number of amides is 1. The van der Waals surface area contributed by atoms with E-state index in [9.17, 15) is 14.4 Å². The van der Waals surface area contributed by atoms with Crippen molar-refractivity contribution in [3.8, 4) is 16.8 Å². The normalized spacial score (nSPS) is 13.2. The molecule has 0 atom stereocenters. The van der Waals surface area contributed by atoms with Gasteiger partial charge in [0.05, 0.1) is 18.8 Å². The Morgan fingerprint density at radius 1 is 0.930 bits per heavy atom. The second-order valence-electron chi connectivity index (χ2n) is 10.7. The zero-order chi connectivity index (χ0) is 30.1. The van der Waals surface area contributed by atoms with Gasteiger partial charge >= 0.3 is 0 Å². The molecule has 3 aromatic heterocycles. The molecular weight excluding hydrogens is 544 g/mol. The van der Waals surface area contributed by atoms with E-state index in [4.69, 9.17) is 4.74 Å². The Hall–Kier alpha value is -5.22. The van der Waals surface area contributed by atoms with E-state index in [1.807, 2.05) is 67.5 Å². The SMILES string of the molecule is CN(C)c1ccc2c(=O)n(-c3cccc(-c4cc(Nc5ccc(C(=O)N6CCOCC6)cn5)c(=O)n(C)c4)c3)ccc2c1. The van der Waals surface area contributed by atoms with Crippen molar-refractivity contribution in [3.05, 3.63) is 112 Å². The third-order valence-electron chi connectivity index (χ3n) is 7.62. The lowest BCUT2D eigenvalue weighted by Crippen LogP contribution is -2.40. The highest BCUT2D eigenvalue weighted by atomic mass is 16.5. The number of carbonyl (C=O) groups is 1. The van der Waals surface area contributed by atoms with Crippen LogP contribution in [0.1, 0.15) is 10.4 Å². The second-order valence-corrected chi connectivity index (χ2v) is 10.7. The maximum Gasteiger partial charge on any atom is 0.274 e. The molecule has 10 heteroatoms. The molecule has 0 unspecified atom stereocenters. The number of hydrogen-bond donors (Lipinski definition) is 1. The average Bonchev–Trinajstić information content (AvgIpc) is 3.03. The topological polar surface area (TPSA) is 102 Å². The summed E-state index contributed by atoms with van der Waals surface area (Å²) in [6.45, 7) is 2.16. The predicted molar refractivity (Wildman–Crippen MR) is 169 cm³/mol. The van der Waals surface area contributed by atoms with Crippen LogP contribution in [0.25, 0.3) is 27.6 Å². The van der Waals surface area contributed by atoms with E-state index in [-0.39, 0.29) is 17.0 Å². The van der Waals surface area contributed by atoms with Gasteiger partial charge in [-0.1, -0.05) is 12.1 Å². The van der Waals surface area contributed by atoms with Crippen LogP contribution in [0.4, 0.5) is 17.2 Å². The Balaban J connectivity index is 1.28. The van der Waals surface area contributed by atoms with Crippen molar-refractivity contribution < 1.29 is 9.53 Å². The molecule has 0 aliphatic carbocycles. The Morgan fingerprint density at radius 2 is 1.74 bits per heavy atom. The number of nitrogens with zero attached hydrogens (tertiary/aromatic N) is 5. The minimum Gasteiger partial charge on any atom is -0.378 e. The molecule has 6 rings (SSSR count). The molecular formula is C33H32N6O4. The zero-order valence-corrected chi connectivity index (χ0v) is 24.3. The summed E-state index contributed by atoms with van der Waals surface area (Å²) in [5, 5.41) is 4.62. The summed E-state index contributed by atoms with van der Waals surface area (Å²) in [7, 11) is 5.63. The van der Waals surface area contributed by atoms with Gasteiger partial charge in [0.1, 0.15) is 11.5 Å². The quantitative estimate of drug-likeness (QED) is 0.326. The first-order valence-corrected chi connectivity index (χ1v) is 14.0. The van der Waals surface area contributed by atoms with Gasteiger partial charge < -0.3 is 24.4 Å². The summed E-state index contributed by atoms with van der Waals surface area (Å²) in [4.78, 5) is 47.3. The molecule has 0 bridgehead atoms. The van der Waals surface area contributed by atoms with Crippen molar-refractivity contribution in [2.75, 3.05) is 50.6 Å². The largest absolute Gasteiger partial charge is 0.378 e. The highest BCUT2D eigenvalue weighted by molar-refractivity contribution is 5.94.